The fourth-order valence-corrected chi connectivity index (χ4v) is 3.83. The third kappa shape index (κ3) is 3.32. The van der Waals surface area contributed by atoms with Gasteiger partial charge in [-0.25, -0.2) is 9.97 Å². The van der Waals surface area contributed by atoms with Gasteiger partial charge in [-0.3, -0.25) is 4.79 Å². The van der Waals surface area contributed by atoms with Crippen LogP contribution in [-0.2, 0) is 4.79 Å². The first-order valence-corrected chi connectivity index (χ1v) is 9.93. The Morgan fingerprint density at radius 3 is 2.50 bits per heavy atom. The Labute approximate surface area is 173 Å². The number of nitrogens with zero attached hydrogens (tertiary/aromatic N) is 5. The summed E-state index contributed by atoms with van der Waals surface area (Å²) in [6.45, 7) is 5.30. The normalized spacial score (nSPS) is 16.0. The van der Waals surface area contributed by atoms with Gasteiger partial charge in [-0.2, -0.15) is 4.98 Å². The molecule has 0 radical (unpaired) electrons. The molecule has 2 aliphatic rings. The first-order chi connectivity index (χ1) is 14.6. The lowest BCUT2D eigenvalue weighted by atomic mass is 10.1. The van der Waals surface area contributed by atoms with Gasteiger partial charge in [-0.1, -0.05) is 0 Å². The lowest BCUT2D eigenvalue weighted by Crippen LogP contribution is -2.48. The number of pyridine rings is 1. The minimum atomic E-state index is 0.0840. The van der Waals surface area contributed by atoms with E-state index < -0.39 is 0 Å². The highest BCUT2D eigenvalue weighted by atomic mass is 16.6. The second kappa shape index (κ2) is 7.33. The van der Waals surface area contributed by atoms with Gasteiger partial charge in [0.2, 0.25) is 11.9 Å². The van der Waals surface area contributed by atoms with Crippen LogP contribution in [0.2, 0.25) is 0 Å². The van der Waals surface area contributed by atoms with Gasteiger partial charge in [-0.05, 0) is 30.3 Å². The van der Waals surface area contributed by atoms with Gasteiger partial charge >= 0.3 is 0 Å². The molecule has 1 saturated heterocycles. The maximum absolute atomic E-state index is 11.6. The van der Waals surface area contributed by atoms with Crippen molar-refractivity contribution in [3.8, 4) is 22.8 Å². The summed E-state index contributed by atoms with van der Waals surface area (Å²) < 4.78 is 11.3. The molecule has 0 unspecified atom stereocenters. The Balaban J connectivity index is 1.53. The van der Waals surface area contributed by atoms with Crippen LogP contribution >= 0.6 is 0 Å². The molecule has 2 N–H and O–H groups in total. The molecule has 30 heavy (non-hydrogen) atoms. The summed E-state index contributed by atoms with van der Waals surface area (Å²) in [5.74, 6) is 2.45. The molecule has 3 aromatic rings. The molecule has 9 heteroatoms. The first-order valence-electron chi connectivity index (χ1n) is 9.93. The Bertz CT molecular complexity index is 1130. The van der Waals surface area contributed by atoms with Gasteiger partial charge in [0, 0.05) is 38.7 Å². The molecule has 4 heterocycles. The second-order valence-electron chi connectivity index (χ2n) is 7.32. The van der Waals surface area contributed by atoms with Crippen molar-refractivity contribution in [3.05, 3.63) is 30.3 Å². The number of nitrogens with two attached hydrogens (primary N) is 1. The number of hydrogen-bond acceptors (Lipinski definition) is 8. The smallest absolute Gasteiger partial charge is 0.222 e. The zero-order chi connectivity index (χ0) is 20.7. The van der Waals surface area contributed by atoms with Crippen LogP contribution in [0.25, 0.3) is 22.3 Å². The molecule has 0 aliphatic carbocycles. The van der Waals surface area contributed by atoms with Gasteiger partial charge in [0.15, 0.2) is 17.3 Å². The third-order valence-corrected chi connectivity index (χ3v) is 5.40. The van der Waals surface area contributed by atoms with Crippen LogP contribution < -0.4 is 20.1 Å². The molecule has 1 aromatic carbocycles. The average Bonchev–Trinajstić information content (AvgIpc) is 2.78. The molecule has 1 amide bonds. The van der Waals surface area contributed by atoms with Crippen LogP contribution in [0.5, 0.6) is 11.5 Å². The fraction of sp³-hybridized carbons (Fsp3) is 0.333. The van der Waals surface area contributed by atoms with Crippen LogP contribution in [0.4, 0.5) is 11.8 Å². The van der Waals surface area contributed by atoms with Gasteiger partial charge in [0.05, 0.1) is 11.2 Å². The topological polar surface area (TPSA) is 107 Å². The molecular formula is C21H22N6O3. The summed E-state index contributed by atoms with van der Waals surface area (Å²) in [5, 5.41) is 0. The molecular weight excluding hydrogens is 384 g/mol. The van der Waals surface area contributed by atoms with E-state index in [1.54, 1.807) is 6.92 Å². The number of amides is 1. The predicted molar refractivity (Wildman–Crippen MR) is 113 cm³/mol. The van der Waals surface area contributed by atoms with Crippen LogP contribution in [0, 0.1) is 0 Å². The lowest BCUT2D eigenvalue weighted by Gasteiger charge is -2.35. The van der Waals surface area contributed by atoms with E-state index in [1.807, 2.05) is 35.2 Å². The van der Waals surface area contributed by atoms with Crippen LogP contribution in [-0.4, -0.2) is 65.2 Å². The maximum atomic E-state index is 11.6. The van der Waals surface area contributed by atoms with Gasteiger partial charge < -0.3 is 25.0 Å². The molecule has 5 rings (SSSR count). The number of nitrogen functional groups attached to an aromatic ring is 1. The van der Waals surface area contributed by atoms with E-state index in [2.05, 4.69) is 14.9 Å². The fourth-order valence-electron chi connectivity index (χ4n) is 3.83. The Morgan fingerprint density at radius 2 is 1.73 bits per heavy atom. The van der Waals surface area contributed by atoms with Crippen molar-refractivity contribution in [2.24, 2.45) is 0 Å². The summed E-state index contributed by atoms with van der Waals surface area (Å²) in [6, 6.07) is 9.62. The van der Waals surface area contributed by atoms with Crippen molar-refractivity contribution in [1.29, 1.82) is 0 Å². The molecule has 9 nitrogen and oxygen atoms in total. The number of rotatable bonds is 2. The number of aromatic nitrogens is 3. The number of anilines is 2. The number of carbonyl (C=O) groups is 1. The number of ether oxygens (including phenoxy) is 2. The number of fused-ring (bicyclic) bond motifs is 2. The minimum Gasteiger partial charge on any atom is -0.486 e. The molecule has 2 aromatic heterocycles. The SMILES string of the molecule is CC(=O)N1CCN(c2nc(N)nc3ccc(-c4ccc5c(c4)OCCO5)nc23)CC1. The maximum Gasteiger partial charge on any atom is 0.222 e. The largest absolute Gasteiger partial charge is 0.486 e. The zero-order valence-electron chi connectivity index (χ0n) is 16.7. The highest BCUT2D eigenvalue weighted by Gasteiger charge is 2.23. The van der Waals surface area contributed by atoms with E-state index >= 15 is 0 Å². The Hall–Kier alpha value is -3.62. The second-order valence-corrected chi connectivity index (χ2v) is 7.32. The van der Waals surface area contributed by atoms with E-state index in [0.29, 0.717) is 56.2 Å². The minimum absolute atomic E-state index is 0.0840. The van der Waals surface area contributed by atoms with Gasteiger partial charge in [0.25, 0.3) is 0 Å². The van der Waals surface area contributed by atoms with Gasteiger partial charge in [0.1, 0.15) is 18.7 Å². The van der Waals surface area contributed by atoms with Crippen molar-refractivity contribution >= 4 is 28.7 Å². The van der Waals surface area contributed by atoms with E-state index in [0.717, 1.165) is 22.8 Å². The van der Waals surface area contributed by atoms with E-state index in [-0.39, 0.29) is 11.9 Å². The predicted octanol–water partition coefficient (Wildman–Crippen LogP) is 1.71. The number of hydrogen-bond donors (Lipinski definition) is 1. The monoisotopic (exact) mass is 406 g/mol. The average molecular weight is 406 g/mol. The Morgan fingerprint density at radius 1 is 0.967 bits per heavy atom. The number of benzene rings is 1. The summed E-state index contributed by atoms with van der Waals surface area (Å²) in [5.41, 5.74) is 9.05. The Kier molecular flexibility index (Phi) is 4.50. The van der Waals surface area contributed by atoms with E-state index in [4.69, 9.17) is 20.2 Å². The molecule has 2 aliphatic heterocycles. The molecule has 0 bridgehead atoms. The van der Waals surface area contributed by atoms with E-state index in [9.17, 15) is 4.79 Å². The molecule has 1 fully saturated rings. The highest BCUT2D eigenvalue weighted by molar-refractivity contribution is 5.89. The summed E-state index contributed by atoms with van der Waals surface area (Å²) in [4.78, 5) is 29.3. The summed E-state index contributed by atoms with van der Waals surface area (Å²) in [7, 11) is 0. The van der Waals surface area contributed by atoms with Crippen molar-refractivity contribution < 1.29 is 14.3 Å². The lowest BCUT2D eigenvalue weighted by molar-refractivity contribution is -0.129. The third-order valence-electron chi connectivity index (χ3n) is 5.40. The zero-order valence-corrected chi connectivity index (χ0v) is 16.7. The van der Waals surface area contributed by atoms with Crippen molar-refractivity contribution in [2.75, 3.05) is 50.0 Å². The van der Waals surface area contributed by atoms with Crippen LogP contribution in [0.15, 0.2) is 30.3 Å². The van der Waals surface area contributed by atoms with Crippen molar-refractivity contribution in [2.45, 2.75) is 6.92 Å². The molecule has 0 spiro atoms. The van der Waals surface area contributed by atoms with Crippen LogP contribution in [0.3, 0.4) is 0 Å². The number of carbonyl (C=O) groups excluding carboxylic acids is 1. The standard InChI is InChI=1S/C21H22N6O3/c1-13(28)26-6-8-27(9-7-26)20-19-16(24-21(22)25-20)4-3-15(23-19)14-2-5-17-18(12-14)30-11-10-29-17/h2-5,12H,6-11H2,1H3,(H2,22,24,25). The van der Waals surface area contributed by atoms with E-state index in [1.165, 1.54) is 0 Å². The summed E-state index contributed by atoms with van der Waals surface area (Å²) >= 11 is 0. The molecule has 0 atom stereocenters. The first kappa shape index (κ1) is 18.4. The quantitative estimate of drug-likeness (QED) is 0.686. The highest BCUT2D eigenvalue weighted by Crippen LogP contribution is 2.35. The molecule has 154 valence electrons. The molecule has 0 saturated carbocycles. The summed E-state index contributed by atoms with van der Waals surface area (Å²) in [6.07, 6.45) is 0. The van der Waals surface area contributed by atoms with Crippen molar-refractivity contribution in [1.82, 2.24) is 19.9 Å². The van der Waals surface area contributed by atoms with Crippen LogP contribution in [0.1, 0.15) is 6.92 Å². The number of piperazine rings is 1. The van der Waals surface area contributed by atoms with Gasteiger partial charge in [-0.15, -0.1) is 0 Å². The van der Waals surface area contributed by atoms with Crippen molar-refractivity contribution in [3.63, 3.8) is 0 Å².